The number of carbonyl (C=O) groups excluding carboxylic acids is 1. The van der Waals surface area contributed by atoms with Gasteiger partial charge in [0.25, 0.3) is 0 Å². The van der Waals surface area contributed by atoms with E-state index in [1.54, 1.807) is 13.0 Å². The van der Waals surface area contributed by atoms with E-state index in [0.29, 0.717) is 0 Å². The van der Waals surface area contributed by atoms with E-state index < -0.39 is 5.97 Å². The van der Waals surface area contributed by atoms with Crippen LogP contribution < -0.4 is 0 Å². The molecule has 0 fully saturated rings. The van der Waals surface area contributed by atoms with Crippen molar-refractivity contribution in [1.29, 1.82) is 0 Å². The number of benzene rings is 1. The van der Waals surface area contributed by atoms with Crippen LogP contribution in [0.2, 0.25) is 0 Å². The number of rotatable bonds is 4. The first-order valence-electron chi connectivity index (χ1n) is 4.90. The first-order chi connectivity index (χ1) is 7.77. The highest BCUT2D eigenvalue weighted by Gasteiger charge is 2.08. The van der Waals surface area contributed by atoms with Crippen molar-refractivity contribution >= 4 is 17.8 Å². The zero-order valence-corrected chi connectivity index (χ0v) is 8.96. The molecule has 1 rings (SSSR count). The Morgan fingerprint density at radius 1 is 1.44 bits per heavy atom. The van der Waals surface area contributed by atoms with Crippen molar-refractivity contribution in [2.24, 2.45) is 5.16 Å². The number of esters is 1. The van der Waals surface area contributed by atoms with Crippen molar-refractivity contribution in [3.8, 4) is 0 Å². The fourth-order valence-corrected chi connectivity index (χ4v) is 1.09. The standard InChI is InChI=1S/C12H13NO3/c1-2-16-12(14)11(13-15)9-8-10-6-4-3-5-7-10/h3-9,15H,2H2,1H3/b9-8+,13-11-. The van der Waals surface area contributed by atoms with E-state index in [-0.39, 0.29) is 12.3 Å². The average Bonchev–Trinajstić information content (AvgIpc) is 2.31. The van der Waals surface area contributed by atoms with Gasteiger partial charge in [-0.15, -0.1) is 0 Å². The highest BCUT2D eigenvalue weighted by Crippen LogP contribution is 2.01. The Bertz CT molecular complexity index is 396. The molecule has 84 valence electrons. The molecule has 16 heavy (non-hydrogen) atoms. The van der Waals surface area contributed by atoms with Crippen molar-refractivity contribution in [2.75, 3.05) is 6.61 Å². The van der Waals surface area contributed by atoms with Crippen LogP contribution in [0.1, 0.15) is 12.5 Å². The molecule has 0 unspecified atom stereocenters. The third-order valence-electron chi connectivity index (χ3n) is 1.83. The normalized spacial score (nSPS) is 11.7. The Hall–Kier alpha value is -2.10. The number of hydrogen-bond donors (Lipinski definition) is 1. The van der Waals surface area contributed by atoms with Gasteiger partial charge in [-0.25, -0.2) is 4.79 Å². The zero-order valence-electron chi connectivity index (χ0n) is 8.96. The first kappa shape index (κ1) is 12.0. The lowest BCUT2D eigenvalue weighted by atomic mass is 10.2. The molecule has 0 radical (unpaired) electrons. The van der Waals surface area contributed by atoms with Gasteiger partial charge in [0.05, 0.1) is 6.61 Å². The number of ether oxygens (including phenoxy) is 1. The minimum absolute atomic E-state index is 0.120. The quantitative estimate of drug-likeness (QED) is 0.365. The maximum atomic E-state index is 11.2. The van der Waals surface area contributed by atoms with Gasteiger partial charge in [-0.1, -0.05) is 41.6 Å². The predicted octanol–water partition coefficient (Wildman–Crippen LogP) is 2.09. The minimum atomic E-state index is -0.641. The molecule has 0 saturated heterocycles. The summed E-state index contributed by atoms with van der Waals surface area (Å²) >= 11 is 0. The van der Waals surface area contributed by atoms with E-state index in [2.05, 4.69) is 5.16 Å². The highest BCUT2D eigenvalue weighted by molar-refractivity contribution is 6.41. The fraction of sp³-hybridized carbons (Fsp3) is 0.167. The van der Waals surface area contributed by atoms with Gasteiger partial charge in [-0.05, 0) is 18.6 Å². The lowest BCUT2D eigenvalue weighted by molar-refractivity contribution is -0.135. The van der Waals surface area contributed by atoms with Gasteiger partial charge >= 0.3 is 5.97 Å². The van der Waals surface area contributed by atoms with Crippen molar-refractivity contribution in [3.05, 3.63) is 42.0 Å². The summed E-state index contributed by atoms with van der Waals surface area (Å²) in [7, 11) is 0. The summed E-state index contributed by atoms with van der Waals surface area (Å²) in [4.78, 5) is 11.2. The summed E-state index contributed by atoms with van der Waals surface area (Å²) in [5.41, 5.74) is 0.790. The second kappa shape index (κ2) is 6.40. The largest absolute Gasteiger partial charge is 0.461 e. The topological polar surface area (TPSA) is 58.9 Å². The van der Waals surface area contributed by atoms with Crippen LogP contribution in [0.25, 0.3) is 6.08 Å². The van der Waals surface area contributed by atoms with Crippen LogP contribution in [0.15, 0.2) is 41.6 Å². The lowest BCUT2D eigenvalue weighted by Crippen LogP contribution is -2.15. The third kappa shape index (κ3) is 3.57. The molecule has 4 heteroatoms. The van der Waals surface area contributed by atoms with E-state index in [0.717, 1.165) is 5.56 Å². The van der Waals surface area contributed by atoms with Crippen LogP contribution in [-0.2, 0) is 9.53 Å². The Labute approximate surface area is 93.9 Å². The maximum absolute atomic E-state index is 11.2. The second-order valence-electron chi connectivity index (χ2n) is 2.95. The number of oxime groups is 1. The van der Waals surface area contributed by atoms with Gasteiger partial charge in [0.1, 0.15) is 0 Å². The monoisotopic (exact) mass is 219 g/mol. The first-order valence-corrected chi connectivity index (χ1v) is 4.90. The molecule has 0 amide bonds. The fourth-order valence-electron chi connectivity index (χ4n) is 1.09. The van der Waals surface area contributed by atoms with Crippen LogP contribution in [0.5, 0.6) is 0 Å². The molecule has 0 spiro atoms. The van der Waals surface area contributed by atoms with E-state index in [1.165, 1.54) is 6.08 Å². The summed E-state index contributed by atoms with van der Waals surface area (Å²) < 4.78 is 4.70. The molecule has 4 nitrogen and oxygen atoms in total. The molecule has 0 heterocycles. The van der Waals surface area contributed by atoms with Crippen LogP contribution in [-0.4, -0.2) is 23.5 Å². The van der Waals surface area contributed by atoms with E-state index >= 15 is 0 Å². The molecule has 0 saturated carbocycles. The number of hydrogen-bond acceptors (Lipinski definition) is 4. The van der Waals surface area contributed by atoms with Gasteiger partial charge in [0.15, 0.2) is 5.71 Å². The Kier molecular flexibility index (Phi) is 4.79. The predicted molar refractivity (Wildman–Crippen MR) is 61.3 cm³/mol. The molecular formula is C12H13NO3. The molecular weight excluding hydrogens is 206 g/mol. The van der Waals surface area contributed by atoms with Crippen molar-refractivity contribution in [3.63, 3.8) is 0 Å². The van der Waals surface area contributed by atoms with Gasteiger partial charge in [0.2, 0.25) is 0 Å². The molecule has 1 N–H and O–H groups in total. The Balaban J connectivity index is 2.72. The maximum Gasteiger partial charge on any atom is 0.360 e. The van der Waals surface area contributed by atoms with Crippen LogP contribution in [0, 0.1) is 0 Å². The molecule has 0 aliphatic rings. The van der Waals surface area contributed by atoms with Gasteiger partial charge in [-0.2, -0.15) is 0 Å². The summed E-state index contributed by atoms with van der Waals surface area (Å²) in [5, 5.41) is 11.5. The number of nitrogens with zero attached hydrogens (tertiary/aromatic N) is 1. The smallest absolute Gasteiger partial charge is 0.360 e. The van der Waals surface area contributed by atoms with Crippen molar-refractivity contribution in [1.82, 2.24) is 0 Å². The lowest BCUT2D eigenvalue weighted by Gasteiger charge is -1.98. The highest BCUT2D eigenvalue weighted by atomic mass is 16.5. The van der Waals surface area contributed by atoms with Gasteiger partial charge in [-0.3, -0.25) is 0 Å². The Morgan fingerprint density at radius 2 is 2.12 bits per heavy atom. The Morgan fingerprint density at radius 3 is 2.69 bits per heavy atom. The molecule has 0 aromatic heterocycles. The summed E-state index contributed by atoms with van der Waals surface area (Å²) in [6.07, 6.45) is 3.08. The summed E-state index contributed by atoms with van der Waals surface area (Å²) in [6.45, 7) is 1.94. The van der Waals surface area contributed by atoms with E-state index in [4.69, 9.17) is 9.94 Å². The molecule has 0 aliphatic carbocycles. The summed E-state index contributed by atoms with van der Waals surface area (Å²) in [6, 6.07) is 9.39. The van der Waals surface area contributed by atoms with Crippen molar-refractivity contribution in [2.45, 2.75) is 6.92 Å². The molecule has 1 aromatic rings. The van der Waals surface area contributed by atoms with E-state index in [1.807, 2.05) is 30.3 Å². The molecule has 0 atom stereocenters. The third-order valence-corrected chi connectivity index (χ3v) is 1.83. The average molecular weight is 219 g/mol. The second-order valence-corrected chi connectivity index (χ2v) is 2.95. The molecule has 1 aromatic carbocycles. The minimum Gasteiger partial charge on any atom is -0.461 e. The van der Waals surface area contributed by atoms with Crippen LogP contribution in [0.3, 0.4) is 0 Å². The van der Waals surface area contributed by atoms with Gasteiger partial charge in [0, 0.05) is 0 Å². The zero-order chi connectivity index (χ0) is 11.8. The SMILES string of the molecule is CCOC(=O)C(/C=C/c1ccccc1)=N\O. The summed E-state index contributed by atoms with van der Waals surface area (Å²) in [5.74, 6) is -0.641. The van der Waals surface area contributed by atoms with Crippen LogP contribution in [0.4, 0.5) is 0 Å². The van der Waals surface area contributed by atoms with Crippen molar-refractivity contribution < 1.29 is 14.7 Å². The van der Waals surface area contributed by atoms with E-state index in [9.17, 15) is 4.79 Å². The van der Waals surface area contributed by atoms with Gasteiger partial charge < -0.3 is 9.94 Å². The molecule has 0 bridgehead atoms. The number of carbonyl (C=O) groups is 1. The molecule has 0 aliphatic heterocycles. The van der Waals surface area contributed by atoms with Crippen LogP contribution >= 0.6 is 0 Å².